The lowest BCUT2D eigenvalue weighted by Gasteiger charge is -2.22. The van der Waals surface area contributed by atoms with Crippen LogP contribution in [0.4, 0.5) is 37.7 Å². The van der Waals surface area contributed by atoms with Gasteiger partial charge in [0.05, 0.1) is 36.9 Å². The van der Waals surface area contributed by atoms with Gasteiger partial charge in [-0.25, -0.2) is 4.98 Å². The van der Waals surface area contributed by atoms with Gasteiger partial charge in [-0.05, 0) is 108 Å². The topological polar surface area (TPSA) is 307 Å². The maximum absolute atomic E-state index is 11.0. The fourth-order valence-corrected chi connectivity index (χ4v) is 6.57. The number of methoxy groups -OCH3 is 1. The highest BCUT2D eigenvalue weighted by Crippen LogP contribution is 2.20. The Bertz CT molecular complexity index is 2370. The molecular weight excluding hydrogens is 1110 g/mol. The molecule has 22 nitrogen and oxygen atoms in total. The summed E-state index contributed by atoms with van der Waals surface area (Å²) in [5, 5.41) is 37.1. The molecule has 1 atom stereocenters. The fraction of sp³-hybridized carbons (Fsp3) is 0.579. The number of halogens is 6. The monoisotopic (exact) mass is 1220 g/mol. The number of ether oxygens (including phenoxy) is 1. The average molecular weight is 1220 g/mol. The van der Waals surface area contributed by atoms with Crippen molar-refractivity contribution in [2.75, 3.05) is 146 Å². The number of hydrogen-bond acceptors (Lipinski definition) is 17. The molecule has 4 aliphatic rings. The van der Waals surface area contributed by atoms with E-state index >= 15 is 0 Å². The Balaban J connectivity index is -0.000000161. The van der Waals surface area contributed by atoms with Crippen molar-refractivity contribution in [1.82, 2.24) is 62.2 Å². The van der Waals surface area contributed by atoms with Crippen LogP contribution in [-0.2, 0) is 20.7 Å². The zero-order valence-electron chi connectivity index (χ0n) is 46.9. The highest BCUT2D eigenvalue weighted by Gasteiger charge is 2.26. The summed E-state index contributed by atoms with van der Waals surface area (Å²) in [5.74, 6) is 0.978. The van der Waals surface area contributed by atoms with Crippen molar-refractivity contribution in [1.29, 1.82) is 0 Å². The van der Waals surface area contributed by atoms with Crippen LogP contribution in [0.15, 0.2) is 87.8 Å². The van der Waals surface area contributed by atoms with Gasteiger partial charge in [0.1, 0.15) is 18.8 Å². The van der Waals surface area contributed by atoms with Crippen molar-refractivity contribution in [3.8, 4) is 0 Å². The maximum atomic E-state index is 11.0. The van der Waals surface area contributed by atoms with Crippen LogP contribution in [0.1, 0.15) is 80.0 Å². The number of nitrogens with one attached hydrogen (secondary N) is 10. The van der Waals surface area contributed by atoms with E-state index in [2.05, 4.69) is 95.3 Å². The number of anilines is 2. The first-order chi connectivity index (χ1) is 37.6. The van der Waals surface area contributed by atoms with E-state index < -0.39 is 31.4 Å². The number of aromatic amines is 2. The molecule has 0 bridgehead atoms. The van der Waals surface area contributed by atoms with Gasteiger partial charge in [-0.2, -0.15) is 36.5 Å². The van der Waals surface area contributed by atoms with Gasteiger partial charge in [-0.1, -0.05) is 62.8 Å². The zero-order chi connectivity index (χ0) is 59.5. The second-order valence-electron chi connectivity index (χ2n) is 17.2. The molecule has 0 spiro atoms. The van der Waals surface area contributed by atoms with Crippen LogP contribution in [0.25, 0.3) is 10.9 Å². The summed E-state index contributed by atoms with van der Waals surface area (Å²) in [7, 11) is 15.6. The van der Waals surface area contributed by atoms with E-state index in [1.165, 1.54) is 37.5 Å². The quantitative estimate of drug-likeness (QED) is 0.0528. The molecule has 492 valence electrons. The third kappa shape index (κ3) is 48.2. The van der Waals surface area contributed by atoms with E-state index in [1.807, 2.05) is 76.4 Å². The van der Waals surface area contributed by atoms with Crippen molar-refractivity contribution < 1.29 is 45.5 Å². The second-order valence-corrected chi connectivity index (χ2v) is 17.2. The second kappa shape index (κ2) is 55.1. The summed E-state index contributed by atoms with van der Waals surface area (Å²) in [6.45, 7) is 6.45. The molecule has 2 aromatic carbocycles. The molecule has 1 unspecified atom stereocenters. The van der Waals surface area contributed by atoms with Crippen molar-refractivity contribution >= 4 is 52.4 Å². The third-order valence-corrected chi connectivity index (χ3v) is 10.4. The number of amides is 3. The number of carbonyl (C=O) groups excluding carboxylic acids is 3. The van der Waals surface area contributed by atoms with Crippen LogP contribution in [-0.4, -0.2) is 208 Å². The molecule has 0 aliphatic carbocycles. The van der Waals surface area contributed by atoms with Gasteiger partial charge in [0, 0.05) is 109 Å². The predicted molar refractivity (Wildman–Crippen MR) is 343 cm³/mol. The first-order valence-corrected chi connectivity index (χ1v) is 25.1. The minimum atomic E-state index is -4.17. The number of rotatable bonds is 15. The fourth-order valence-electron chi connectivity index (χ4n) is 6.57. The molecule has 8 rings (SSSR count). The minimum absolute atomic E-state index is 0. The molecule has 6 heterocycles. The lowest BCUT2D eigenvalue weighted by atomic mass is 10.0. The summed E-state index contributed by atoms with van der Waals surface area (Å²) >= 11 is 0. The molecule has 85 heavy (non-hydrogen) atoms. The van der Waals surface area contributed by atoms with Crippen molar-refractivity contribution in [3.63, 3.8) is 0 Å². The summed E-state index contributed by atoms with van der Waals surface area (Å²) in [6.07, 6.45) is 4.43. The van der Waals surface area contributed by atoms with Crippen molar-refractivity contribution in [2.24, 2.45) is 27.4 Å². The van der Waals surface area contributed by atoms with Crippen molar-refractivity contribution in [2.45, 2.75) is 82.6 Å². The predicted octanol–water partition coefficient (Wildman–Crippen LogP) is 7.12. The first kappa shape index (κ1) is 91.9. The third-order valence-electron chi connectivity index (χ3n) is 10.4. The molecule has 2 aromatic heterocycles. The molecule has 28 heteroatoms. The molecule has 1 fully saturated rings. The number of likely N-dealkylation sites (N-methyl/N-ethyl adjacent to an activating group) is 3. The Morgan fingerprint density at radius 1 is 0.800 bits per heavy atom. The van der Waals surface area contributed by atoms with Gasteiger partial charge in [-0.15, -0.1) is 0 Å². The molecule has 0 radical (unpaired) electrons. The number of carbonyl (C=O) groups is 3. The molecular formula is C57H108F6N18O4. The van der Waals surface area contributed by atoms with Gasteiger partial charge in [0.15, 0.2) is 0 Å². The van der Waals surface area contributed by atoms with E-state index in [0.29, 0.717) is 30.9 Å². The van der Waals surface area contributed by atoms with Gasteiger partial charge in [0.2, 0.25) is 11.8 Å². The van der Waals surface area contributed by atoms with E-state index in [9.17, 15) is 40.7 Å². The van der Waals surface area contributed by atoms with Gasteiger partial charge in [-0.3, -0.25) is 34.6 Å². The molecule has 4 aliphatic heterocycles. The standard InChI is InChI=1S/C8H9N3.C8H10N2O.C8H12N2.C6H12N2O.C6H10N2.C5H10N4.C4H10N2O.C3H6F3N.C3H5F3O.6CH4/c1-9-7-3-2-6-5-10-11-8(6)4-7;1-10-7-5-3-2-4-6(7)8(9)11;1-10-3-2-7-4-9-5-8(7)6-10;1-7-3-5-2-6(9)8-4-5;1-7-4-6-2-3-8-5-6;1-6-3-2-5-7-4-8-9-5;1-6-3-2-4(5)7;2*1-7-2-3(4,5)6;;;;;;/h2-5,9H,1H3,(H,10,11);2-5,10H,1H3,(H2,9,11);5H,2-4,6H2,1H3;5,7H,2-4H2,1H3,(H,8,9);2,5,7H,3-4H2,1H3;4,6H,2-3H2,1H3,(H,7,8,9);6H,2-3H2,1H3,(H2,5,7);7H,2H2,1H3;2H2,1H3;6*1H4. The largest absolute Gasteiger partial charge is 0.411 e. The van der Waals surface area contributed by atoms with E-state index in [1.54, 1.807) is 37.9 Å². The van der Waals surface area contributed by atoms with Crippen LogP contribution in [0.3, 0.4) is 0 Å². The molecule has 14 N–H and O–H groups in total. The Labute approximate surface area is 503 Å². The number of aromatic nitrogens is 5. The highest BCUT2D eigenvalue weighted by atomic mass is 19.4. The number of hydrogen-bond donors (Lipinski definition) is 12. The number of primary amides is 2. The number of aliphatic imine (C=N–C) groups is 2. The zero-order valence-corrected chi connectivity index (χ0v) is 46.9. The summed E-state index contributed by atoms with van der Waals surface area (Å²) in [5.41, 5.74) is 17.7. The first-order valence-electron chi connectivity index (χ1n) is 25.1. The van der Waals surface area contributed by atoms with E-state index in [-0.39, 0.29) is 56.4 Å². The molecule has 0 saturated carbocycles. The molecule has 4 aromatic rings. The van der Waals surface area contributed by atoms with E-state index in [4.69, 9.17) is 11.5 Å². The summed E-state index contributed by atoms with van der Waals surface area (Å²) in [6, 6.07) is 13.2. The highest BCUT2D eigenvalue weighted by molar-refractivity contribution is 5.98. The maximum Gasteiger partial charge on any atom is 0.411 e. The number of alkyl halides is 6. The Hall–Kier alpha value is -6.82. The number of fused-ring (bicyclic) bond motifs is 1. The molecule has 1 saturated heterocycles. The lowest BCUT2D eigenvalue weighted by Crippen LogP contribution is -2.27. The number of nitrogens with zero attached hydrogens (tertiary/aromatic N) is 6. The number of H-pyrrole nitrogens is 2. The average Bonchev–Trinajstić information content (AvgIpc) is 4.42. The number of nitrogens with two attached hydrogens (primary N) is 2. The number of para-hydroxylation sites is 1. The van der Waals surface area contributed by atoms with Crippen LogP contribution in [0, 0.1) is 5.92 Å². The normalized spacial score (nSPS) is 13.7. The summed E-state index contributed by atoms with van der Waals surface area (Å²) < 4.78 is 69.6. The number of benzene rings is 2. The SMILES string of the molecule is C.C.C.C.C.C.CN1CCC2=C(C=NC2)C1.CNCC(F)(F)F.CNCC1=CCN=C1.CNCC1CNC(=O)C1.CNCCC(N)=O.CNCCc1ncn[nH]1.CNc1ccc2cn[nH]c2c1.CNc1ccccc1C(N)=O.COCC(F)(F)F. The van der Waals surface area contributed by atoms with Crippen LogP contribution >= 0.6 is 0 Å². The van der Waals surface area contributed by atoms with Gasteiger partial charge < -0.3 is 63.6 Å². The van der Waals surface area contributed by atoms with Crippen LogP contribution < -0.4 is 54.0 Å². The molecule has 3 amide bonds. The van der Waals surface area contributed by atoms with Gasteiger partial charge in [0.25, 0.3) is 5.91 Å². The Morgan fingerprint density at radius 2 is 1.47 bits per heavy atom. The Kier molecular flexibility index (Phi) is 59.6. The van der Waals surface area contributed by atoms with E-state index in [0.717, 1.165) is 87.4 Å². The lowest BCUT2D eigenvalue weighted by molar-refractivity contribution is -0.167. The van der Waals surface area contributed by atoms with Crippen LogP contribution in [0.5, 0.6) is 0 Å². The van der Waals surface area contributed by atoms with Gasteiger partial charge >= 0.3 is 12.4 Å². The van der Waals surface area contributed by atoms with Crippen molar-refractivity contribution in [3.05, 3.63) is 89.2 Å². The van der Waals surface area contributed by atoms with Crippen LogP contribution in [0.2, 0.25) is 0 Å². The minimum Gasteiger partial charge on any atom is -0.388 e. The smallest absolute Gasteiger partial charge is 0.388 e. The Morgan fingerprint density at radius 3 is 1.91 bits per heavy atom. The summed E-state index contributed by atoms with van der Waals surface area (Å²) in [4.78, 5) is 45.8.